The van der Waals surface area contributed by atoms with E-state index in [0.29, 0.717) is 17.5 Å². The van der Waals surface area contributed by atoms with Crippen molar-refractivity contribution >= 4 is 113 Å². The second-order valence-electron chi connectivity index (χ2n) is 13.1. The van der Waals surface area contributed by atoms with Crippen molar-refractivity contribution < 1.29 is 65.2 Å². The van der Waals surface area contributed by atoms with Gasteiger partial charge in [-0.15, -0.1) is 15.3 Å². The first-order valence-corrected chi connectivity index (χ1v) is 25.0. The van der Waals surface area contributed by atoms with Crippen molar-refractivity contribution in [3.63, 3.8) is 0 Å². The first-order chi connectivity index (χ1) is 30.6. The number of hydrogen-bond donors (Lipinski definition) is 6. The van der Waals surface area contributed by atoms with Crippen LogP contribution in [0.5, 0.6) is 5.75 Å². The quantitative estimate of drug-likeness (QED) is 0.0369. The first kappa shape index (κ1) is 48.3. The van der Waals surface area contributed by atoms with Crippen LogP contribution in [0.4, 0.5) is 56.1 Å². The van der Waals surface area contributed by atoms with Gasteiger partial charge in [-0.25, -0.2) is 16.8 Å². The summed E-state index contributed by atoms with van der Waals surface area (Å²) in [6.45, 7) is 6.49. The maximum absolute atomic E-state index is 14.8. The Morgan fingerprint density at radius 3 is 1.85 bits per heavy atom. The lowest BCUT2D eigenvalue weighted by Gasteiger charge is -2.18. The SMILES string of the molecule is C=CS(=O)(=O)c1ccc(N=Nc2c(S(=O)(=O)O)cc3cc(S(=O)(=O)O)c(N=Nc4cc(Nc5nc(F)nc(N(C)c6cccc(S(=O)(=O)C=C)c6)n5)ccc4S(=O)(=O)O)c(O)c3c2N)cc1. The Labute approximate surface area is 373 Å². The topological polar surface area (TPSA) is 381 Å². The molecule has 6 rings (SSSR count). The van der Waals surface area contributed by atoms with E-state index in [0.717, 1.165) is 47.9 Å². The van der Waals surface area contributed by atoms with Gasteiger partial charge in [-0.2, -0.15) is 49.7 Å². The number of nitrogens with one attached hydrogen (secondary N) is 1. The zero-order valence-corrected chi connectivity index (χ0v) is 37.1. The summed E-state index contributed by atoms with van der Waals surface area (Å²) >= 11 is 0. The zero-order chi connectivity index (χ0) is 48.7. The van der Waals surface area contributed by atoms with Gasteiger partial charge < -0.3 is 21.1 Å². The summed E-state index contributed by atoms with van der Waals surface area (Å²) in [5.74, 6) is -2.13. The Kier molecular flexibility index (Phi) is 12.9. The van der Waals surface area contributed by atoms with E-state index in [4.69, 9.17) is 5.73 Å². The van der Waals surface area contributed by atoms with Gasteiger partial charge in [-0.05, 0) is 78.2 Å². The van der Waals surface area contributed by atoms with E-state index in [-0.39, 0.29) is 32.8 Å². The molecular weight excluding hydrogens is 976 g/mol. The van der Waals surface area contributed by atoms with Crippen LogP contribution in [-0.2, 0) is 50.0 Å². The molecule has 0 saturated carbocycles. The van der Waals surface area contributed by atoms with E-state index in [2.05, 4.69) is 53.9 Å². The second kappa shape index (κ2) is 17.7. The Balaban J connectivity index is 1.45. The lowest BCUT2D eigenvalue weighted by Crippen LogP contribution is -2.16. The van der Waals surface area contributed by atoms with E-state index < -0.39 is 116 Å². The molecule has 24 nitrogen and oxygen atoms in total. The number of aromatic nitrogens is 3. The third-order valence-electron chi connectivity index (χ3n) is 8.92. The number of nitrogen functional groups attached to an aromatic ring is 1. The molecule has 0 spiro atoms. The Morgan fingerprint density at radius 2 is 1.26 bits per heavy atom. The molecule has 0 amide bonds. The summed E-state index contributed by atoms with van der Waals surface area (Å²) in [6.07, 6.45) is -1.34. The van der Waals surface area contributed by atoms with E-state index in [1.165, 1.54) is 36.2 Å². The molecule has 1 heterocycles. The van der Waals surface area contributed by atoms with Crippen LogP contribution in [0, 0.1) is 6.08 Å². The number of phenols is 1. The predicted molar refractivity (Wildman–Crippen MR) is 233 cm³/mol. The van der Waals surface area contributed by atoms with Crippen LogP contribution in [0.25, 0.3) is 10.8 Å². The highest BCUT2D eigenvalue weighted by atomic mass is 32.2. The molecule has 7 N–H and O–H groups in total. The normalized spacial score (nSPS) is 12.7. The smallest absolute Gasteiger partial charge is 0.315 e. The number of rotatable bonds is 15. The number of hydrogen-bond acceptors (Lipinski definition) is 21. The Morgan fingerprint density at radius 1 is 0.682 bits per heavy atom. The molecule has 0 aliphatic rings. The molecular formula is C36H29FN10O14S5. The molecule has 0 bridgehead atoms. The molecule has 344 valence electrons. The van der Waals surface area contributed by atoms with Gasteiger partial charge in [0.25, 0.3) is 30.4 Å². The van der Waals surface area contributed by atoms with Crippen molar-refractivity contribution in [3.8, 4) is 5.75 Å². The van der Waals surface area contributed by atoms with Crippen molar-refractivity contribution in [2.24, 2.45) is 20.5 Å². The largest absolute Gasteiger partial charge is 0.505 e. The molecule has 0 fully saturated rings. The van der Waals surface area contributed by atoms with Gasteiger partial charge in [0.1, 0.15) is 31.7 Å². The van der Waals surface area contributed by atoms with Crippen LogP contribution < -0.4 is 16.0 Å². The molecule has 66 heavy (non-hydrogen) atoms. The van der Waals surface area contributed by atoms with Gasteiger partial charge in [-0.3, -0.25) is 13.7 Å². The predicted octanol–water partition coefficient (Wildman–Crippen LogP) is 6.37. The molecule has 0 radical (unpaired) electrons. The van der Waals surface area contributed by atoms with Crippen molar-refractivity contribution in [2.75, 3.05) is 23.0 Å². The van der Waals surface area contributed by atoms with Crippen LogP contribution in [0.3, 0.4) is 0 Å². The van der Waals surface area contributed by atoms with E-state index in [9.17, 15) is 65.2 Å². The van der Waals surface area contributed by atoms with Gasteiger partial charge >= 0.3 is 6.08 Å². The number of sulfone groups is 2. The zero-order valence-electron chi connectivity index (χ0n) is 33.0. The van der Waals surface area contributed by atoms with E-state index in [1.54, 1.807) is 0 Å². The van der Waals surface area contributed by atoms with Crippen LogP contribution >= 0.6 is 0 Å². The first-order valence-electron chi connectivity index (χ1n) is 17.5. The lowest BCUT2D eigenvalue weighted by atomic mass is 10.1. The highest BCUT2D eigenvalue weighted by molar-refractivity contribution is 7.94. The minimum atomic E-state index is -5.45. The number of anilines is 5. The molecule has 5 aromatic carbocycles. The van der Waals surface area contributed by atoms with Gasteiger partial charge in [0.2, 0.25) is 11.9 Å². The molecule has 0 aliphatic carbocycles. The average molecular weight is 1010 g/mol. The molecule has 0 unspecified atom stereocenters. The highest BCUT2D eigenvalue weighted by Gasteiger charge is 2.29. The minimum Gasteiger partial charge on any atom is -0.505 e. The second-order valence-corrected chi connectivity index (χ2v) is 21.1. The lowest BCUT2D eigenvalue weighted by molar-refractivity contribution is 0.472. The average Bonchev–Trinajstić information content (AvgIpc) is 3.24. The number of azo groups is 2. The number of nitrogens with zero attached hydrogens (tertiary/aromatic N) is 8. The van der Waals surface area contributed by atoms with Gasteiger partial charge in [-0.1, -0.05) is 19.2 Å². The Hall–Kier alpha value is -7.19. The van der Waals surface area contributed by atoms with Crippen LogP contribution in [-0.4, -0.2) is 82.9 Å². The number of fused-ring (bicyclic) bond motifs is 1. The number of benzene rings is 5. The van der Waals surface area contributed by atoms with Gasteiger partial charge in [0, 0.05) is 29.2 Å². The third-order valence-corrected chi connectivity index (χ3v) is 14.3. The number of halogens is 1. The monoisotopic (exact) mass is 1000 g/mol. The Bertz CT molecular complexity index is 3670. The van der Waals surface area contributed by atoms with Crippen molar-refractivity contribution in [2.45, 2.75) is 24.5 Å². The van der Waals surface area contributed by atoms with Crippen molar-refractivity contribution in [1.82, 2.24) is 15.0 Å². The summed E-state index contributed by atoms with van der Waals surface area (Å²) in [4.78, 5) is 8.80. The standard InChI is InChI=1S/C36H29FN10O14S5/c1-4-62(49,50)23-12-9-20(10-13-23)43-45-31-27(65(56,57)58)15-19-16-28(66(59,60)61)32(33(48)29(19)30(31)38)46-44-25-17-21(11-14-26(25)64(53,54)55)39-35-40-34(37)41-36(42-35)47(3)22-7-6-8-24(18-22)63(51,52)5-2/h4-18,48H,1-2,38H2,3H3,(H,53,54,55)(H,56,57,58)(H,59,60,61)(H,39,40,41,42). The van der Waals surface area contributed by atoms with Crippen molar-refractivity contribution in [1.29, 1.82) is 0 Å². The van der Waals surface area contributed by atoms with Crippen LogP contribution in [0.2, 0.25) is 0 Å². The summed E-state index contributed by atoms with van der Waals surface area (Å²) in [5, 5.41) is 29.2. The molecule has 0 aliphatic heterocycles. The summed E-state index contributed by atoms with van der Waals surface area (Å²) in [5.41, 5.74) is 2.57. The van der Waals surface area contributed by atoms with E-state index in [1.807, 2.05) is 0 Å². The molecule has 1 aromatic heterocycles. The molecule has 6 aromatic rings. The number of phenolic OH excluding ortho intramolecular Hbond substituents is 1. The fourth-order valence-corrected chi connectivity index (χ4v) is 9.15. The minimum absolute atomic E-state index is 0.0799. The van der Waals surface area contributed by atoms with Crippen molar-refractivity contribution in [3.05, 3.63) is 109 Å². The summed E-state index contributed by atoms with van der Waals surface area (Å²) in [7, 11) is -22.3. The molecule has 0 saturated heterocycles. The summed E-state index contributed by atoms with van der Waals surface area (Å²) in [6, 6.07) is 13.7. The van der Waals surface area contributed by atoms with Gasteiger partial charge in [0.05, 0.1) is 26.6 Å². The molecule has 0 atom stereocenters. The van der Waals surface area contributed by atoms with E-state index >= 15 is 0 Å². The van der Waals surface area contributed by atoms with Gasteiger partial charge in [0.15, 0.2) is 25.4 Å². The maximum atomic E-state index is 14.8. The fourth-order valence-electron chi connectivity index (χ4n) is 5.76. The van der Waals surface area contributed by atoms with Crippen LogP contribution in [0.1, 0.15) is 0 Å². The number of nitrogens with two attached hydrogens (primary N) is 1. The molecule has 30 heteroatoms. The highest BCUT2D eigenvalue weighted by Crippen LogP contribution is 2.48. The van der Waals surface area contributed by atoms with Crippen LogP contribution in [0.15, 0.2) is 148 Å². The fraction of sp³-hybridized carbons (Fsp3) is 0.0278. The third kappa shape index (κ3) is 10.2. The summed E-state index contributed by atoms with van der Waals surface area (Å²) < 4.78 is 169. The number of aromatic hydroxyl groups is 1. The maximum Gasteiger partial charge on any atom is 0.315 e.